The van der Waals surface area contributed by atoms with Gasteiger partial charge in [0.25, 0.3) is 0 Å². The molecule has 1 aromatic carbocycles. The van der Waals surface area contributed by atoms with Gasteiger partial charge in [-0.1, -0.05) is 6.07 Å². The highest BCUT2D eigenvalue weighted by atomic mass is 19.1. The lowest BCUT2D eigenvalue weighted by atomic mass is 9.84. The van der Waals surface area contributed by atoms with Crippen molar-refractivity contribution in [1.82, 2.24) is 4.90 Å². The van der Waals surface area contributed by atoms with E-state index in [2.05, 4.69) is 10.2 Å². The lowest BCUT2D eigenvalue weighted by molar-refractivity contribution is 0.0975. The first-order valence-corrected chi connectivity index (χ1v) is 6.06. The van der Waals surface area contributed by atoms with E-state index in [-0.39, 0.29) is 5.82 Å². The molecule has 3 heteroatoms. The molecular weight excluding hydrogens is 203 g/mol. The van der Waals surface area contributed by atoms with Gasteiger partial charge in [0.05, 0.1) is 0 Å². The molecule has 2 bridgehead atoms. The zero-order valence-corrected chi connectivity index (χ0v) is 9.32. The Hall–Kier alpha value is -1.09. The molecular formula is C13H17FN2. The normalized spacial score (nSPS) is 32.7. The molecule has 1 atom stereocenters. The van der Waals surface area contributed by atoms with Crippen molar-refractivity contribution in [2.24, 2.45) is 5.92 Å². The Morgan fingerprint density at radius 2 is 2.06 bits per heavy atom. The predicted octanol–water partition coefficient (Wildman–Crippen LogP) is 2.33. The van der Waals surface area contributed by atoms with E-state index < -0.39 is 0 Å². The molecule has 3 saturated heterocycles. The van der Waals surface area contributed by atoms with Crippen LogP contribution in [0, 0.1) is 11.7 Å². The summed E-state index contributed by atoms with van der Waals surface area (Å²) in [5.74, 6) is 0.611. The number of fused-ring (bicyclic) bond motifs is 3. The summed E-state index contributed by atoms with van der Waals surface area (Å²) in [6.45, 7) is 3.60. The van der Waals surface area contributed by atoms with Crippen LogP contribution in [-0.2, 0) is 0 Å². The van der Waals surface area contributed by atoms with Crippen LogP contribution in [0.25, 0.3) is 0 Å². The molecule has 0 spiro atoms. The summed E-state index contributed by atoms with van der Waals surface area (Å²) >= 11 is 0. The van der Waals surface area contributed by atoms with Crippen molar-refractivity contribution in [2.75, 3.05) is 25.0 Å². The molecule has 0 aliphatic carbocycles. The highest BCUT2D eigenvalue weighted by molar-refractivity contribution is 5.44. The smallest absolute Gasteiger partial charge is 0.125 e. The number of piperidine rings is 3. The van der Waals surface area contributed by atoms with Gasteiger partial charge in [-0.05, 0) is 50.0 Å². The predicted molar refractivity (Wildman–Crippen MR) is 63.0 cm³/mol. The fraction of sp³-hybridized carbons (Fsp3) is 0.538. The van der Waals surface area contributed by atoms with E-state index in [1.165, 1.54) is 32.0 Å². The maximum atomic E-state index is 13.1. The molecule has 3 aliphatic rings. The van der Waals surface area contributed by atoms with Gasteiger partial charge in [-0.25, -0.2) is 4.39 Å². The van der Waals surface area contributed by atoms with Crippen LogP contribution in [0.4, 0.5) is 10.1 Å². The second-order valence-corrected chi connectivity index (χ2v) is 4.90. The van der Waals surface area contributed by atoms with Gasteiger partial charge in [0.2, 0.25) is 0 Å². The van der Waals surface area contributed by atoms with Gasteiger partial charge >= 0.3 is 0 Å². The van der Waals surface area contributed by atoms with Crippen LogP contribution in [-0.4, -0.2) is 30.6 Å². The summed E-state index contributed by atoms with van der Waals surface area (Å²) in [5.41, 5.74) is 0.916. The molecule has 4 rings (SSSR count). The first-order chi connectivity index (χ1) is 7.81. The molecule has 0 radical (unpaired) electrons. The Labute approximate surface area is 95.4 Å². The number of anilines is 1. The van der Waals surface area contributed by atoms with Crippen LogP contribution in [0.2, 0.25) is 0 Å². The highest BCUT2D eigenvalue weighted by Crippen LogP contribution is 2.29. The summed E-state index contributed by atoms with van der Waals surface area (Å²) in [6.07, 6.45) is 2.57. The van der Waals surface area contributed by atoms with Gasteiger partial charge in [-0.3, -0.25) is 0 Å². The number of benzene rings is 1. The van der Waals surface area contributed by atoms with E-state index in [0.29, 0.717) is 6.04 Å². The van der Waals surface area contributed by atoms with Gasteiger partial charge in [-0.2, -0.15) is 0 Å². The van der Waals surface area contributed by atoms with E-state index >= 15 is 0 Å². The van der Waals surface area contributed by atoms with Crippen LogP contribution in [0.1, 0.15) is 12.8 Å². The Kier molecular flexibility index (Phi) is 2.56. The summed E-state index contributed by atoms with van der Waals surface area (Å²) in [6, 6.07) is 7.28. The van der Waals surface area contributed by atoms with Crippen LogP contribution in [0.15, 0.2) is 24.3 Å². The van der Waals surface area contributed by atoms with Gasteiger partial charge in [0.15, 0.2) is 0 Å². The van der Waals surface area contributed by atoms with Crippen molar-refractivity contribution in [3.8, 4) is 0 Å². The van der Waals surface area contributed by atoms with Crippen molar-refractivity contribution in [3.63, 3.8) is 0 Å². The minimum absolute atomic E-state index is 0.161. The Morgan fingerprint density at radius 1 is 1.25 bits per heavy atom. The molecule has 2 nitrogen and oxygen atoms in total. The average Bonchev–Trinajstić information content (AvgIpc) is 2.30. The fourth-order valence-corrected chi connectivity index (χ4v) is 2.92. The first-order valence-electron chi connectivity index (χ1n) is 6.06. The van der Waals surface area contributed by atoms with E-state index in [1.807, 2.05) is 6.07 Å². The van der Waals surface area contributed by atoms with Gasteiger partial charge < -0.3 is 10.2 Å². The van der Waals surface area contributed by atoms with Crippen molar-refractivity contribution < 1.29 is 4.39 Å². The molecule has 0 amide bonds. The molecule has 1 aromatic rings. The number of hydrogen-bond donors (Lipinski definition) is 1. The summed E-state index contributed by atoms with van der Waals surface area (Å²) < 4.78 is 13.1. The van der Waals surface area contributed by atoms with E-state index in [0.717, 1.165) is 18.2 Å². The topological polar surface area (TPSA) is 15.3 Å². The van der Waals surface area contributed by atoms with Crippen LogP contribution < -0.4 is 5.32 Å². The zero-order valence-electron chi connectivity index (χ0n) is 9.32. The van der Waals surface area contributed by atoms with Crippen molar-refractivity contribution in [2.45, 2.75) is 18.9 Å². The molecule has 0 saturated carbocycles. The third-order valence-electron chi connectivity index (χ3n) is 3.83. The molecule has 3 heterocycles. The largest absolute Gasteiger partial charge is 0.381 e. The first kappa shape index (κ1) is 10.1. The lowest BCUT2D eigenvalue weighted by Crippen LogP contribution is -2.53. The highest BCUT2D eigenvalue weighted by Gasteiger charge is 2.33. The van der Waals surface area contributed by atoms with Gasteiger partial charge in [0.1, 0.15) is 5.82 Å². The molecule has 86 valence electrons. The standard InChI is InChI=1S/C13H17FN2/c14-11-2-1-3-12(8-11)15-13-9-16-6-4-10(13)5-7-16/h1-3,8,10,13,15H,4-7,9H2. The second-order valence-electron chi connectivity index (χ2n) is 4.90. The maximum Gasteiger partial charge on any atom is 0.125 e. The van der Waals surface area contributed by atoms with Crippen molar-refractivity contribution >= 4 is 5.69 Å². The Balaban J connectivity index is 1.71. The van der Waals surface area contributed by atoms with Gasteiger partial charge in [-0.15, -0.1) is 0 Å². The second kappa shape index (κ2) is 4.06. The van der Waals surface area contributed by atoms with Crippen LogP contribution in [0.3, 0.4) is 0 Å². The third-order valence-corrected chi connectivity index (χ3v) is 3.83. The third kappa shape index (κ3) is 1.92. The minimum atomic E-state index is -0.161. The quantitative estimate of drug-likeness (QED) is 0.823. The number of rotatable bonds is 2. The number of halogens is 1. The summed E-state index contributed by atoms with van der Waals surface area (Å²) in [4.78, 5) is 2.50. The lowest BCUT2D eigenvalue weighted by Gasteiger charge is -2.45. The minimum Gasteiger partial charge on any atom is -0.381 e. The molecule has 3 aliphatic heterocycles. The molecule has 1 unspecified atom stereocenters. The maximum absolute atomic E-state index is 13.1. The average molecular weight is 220 g/mol. The fourth-order valence-electron chi connectivity index (χ4n) is 2.92. The van der Waals surface area contributed by atoms with E-state index in [1.54, 1.807) is 12.1 Å². The number of nitrogens with zero attached hydrogens (tertiary/aromatic N) is 1. The molecule has 1 N–H and O–H groups in total. The summed E-state index contributed by atoms with van der Waals surface area (Å²) in [7, 11) is 0. The molecule has 0 aromatic heterocycles. The zero-order chi connectivity index (χ0) is 11.0. The van der Waals surface area contributed by atoms with E-state index in [9.17, 15) is 4.39 Å². The number of nitrogens with one attached hydrogen (secondary N) is 1. The van der Waals surface area contributed by atoms with E-state index in [4.69, 9.17) is 0 Å². The summed E-state index contributed by atoms with van der Waals surface area (Å²) in [5, 5.41) is 3.47. The SMILES string of the molecule is Fc1cccc(NC2CN3CCC2CC3)c1. The van der Waals surface area contributed by atoms with Crippen molar-refractivity contribution in [3.05, 3.63) is 30.1 Å². The van der Waals surface area contributed by atoms with Crippen LogP contribution >= 0.6 is 0 Å². The molecule has 16 heavy (non-hydrogen) atoms. The number of hydrogen-bond acceptors (Lipinski definition) is 2. The van der Waals surface area contributed by atoms with Gasteiger partial charge in [0, 0.05) is 18.3 Å². The monoisotopic (exact) mass is 220 g/mol. The Morgan fingerprint density at radius 3 is 2.69 bits per heavy atom. The Bertz CT molecular complexity index is 372. The van der Waals surface area contributed by atoms with Crippen LogP contribution in [0.5, 0.6) is 0 Å². The molecule has 3 fully saturated rings. The van der Waals surface area contributed by atoms with Crippen molar-refractivity contribution in [1.29, 1.82) is 0 Å².